The van der Waals surface area contributed by atoms with E-state index in [0.717, 1.165) is 6.42 Å². The number of ether oxygens (including phenoxy) is 1. The molecule has 3 N–H and O–H groups in total. The molecule has 0 bridgehead atoms. The first-order valence-corrected chi connectivity index (χ1v) is 6.18. The molecule has 0 heterocycles. The van der Waals surface area contributed by atoms with Crippen molar-refractivity contribution in [3.63, 3.8) is 0 Å². The third kappa shape index (κ3) is 4.62. The van der Waals surface area contributed by atoms with Gasteiger partial charge < -0.3 is 15.8 Å². The fraction of sp³-hybridized carbons (Fsp3) is 0.429. The van der Waals surface area contributed by atoms with E-state index in [1.165, 1.54) is 0 Å². The van der Waals surface area contributed by atoms with Crippen LogP contribution in [0.1, 0.15) is 37.6 Å². The molecule has 5 heteroatoms. The van der Waals surface area contributed by atoms with E-state index < -0.39 is 5.97 Å². The minimum absolute atomic E-state index is 0.269. The van der Waals surface area contributed by atoms with Gasteiger partial charge in [-0.2, -0.15) is 0 Å². The number of anilines is 1. The minimum Gasteiger partial charge on any atom is -0.452 e. The zero-order valence-corrected chi connectivity index (χ0v) is 11.5. The first kappa shape index (κ1) is 15.0. The maximum Gasteiger partial charge on any atom is 0.340 e. The molecule has 0 fully saturated rings. The predicted octanol–water partition coefficient (Wildman–Crippen LogP) is 1.73. The first-order valence-electron chi connectivity index (χ1n) is 6.18. The molecule has 1 aromatic carbocycles. The molecule has 0 radical (unpaired) electrons. The number of hydrogen-bond acceptors (Lipinski definition) is 4. The molecule has 0 aliphatic carbocycles. The van der Waals surface area contributed by atoms with Crippen LogP contribution < -0.4 is 11.1 Å². The second-order valence-corrected chi connectivity index (χ2v) is 4.95. The van der Waals surface area contributed by atoms with Gasteiger partial charge in [0.2, 0.25) is 0 Å². The second-order valence-electron chi connectivity index (χ2n) is 4.95. The maximum atomic E-state index is 11.7. The van der Waals surface area contributed by atoms with Gasteiger partial charge in [0.1, 0.15) is 0 Å². The van der Waals surface area contributed by atoms with E-state index in [2.05, 4.69) is 5.32 Å². The number of rotatable bonds is 5. The fourth-order valence-corrected chi connectivity index (χ4v) is 1.39. The average Bonchev–Trinajstić information content (AvgIpc) is 2.36. The van der Waals surface area contributed by atoms with Crippen LogP contribution in [0.25, 0.3) is 0 Å². The van der Waals surface area contributed by atoms with Gasteiger partial charge in [0, 0.05) is 11.2 Å². The SMILES string of the molecule is CCC(C)(C)NC(=O)COC(=O)c1ccccc1N. The Hall–Kier alpha value is -2.04. The molecule has 0 unspecified atom stereocenters. The fourth-order valence-electron chi connectivity index (χ4n) is 1.39. The lowest BCUT2D eigenvalue weighted by molar-refractivity contribution is -0.125. The van der Waals surface area contributed by atoms with E-state index in [4.69, 9.17) is 10.5 Å². The highest BCUT2D eigenvalue weighted by Gasteiger charge is 2.19. The summed E-state index contributed by atoms with van der Waals surface area (Å²) in [6.45, 7) is 5.47. The van der Waals surface area contributed by atoms with Crippen LogP contribution in [0.4, 0.5) is 5.69 Å². The molecule has 104 valence electrons. The zero-order chi connectivity index (χ0) is 14.5. The number of carbonyl (C=O) groups excluding carboxylic acids is 2. The number of amides is 1. The highest BCUT2D eigenvalue weighted by atomic mass is 16.5. The van der Waals surface area contributed by atoms with Crippen molar-refractivity contribution in [1.82, 2.24) is 5.32 Å². The summed E-state index contributed by atoms with van der Waals surface area (Å²) in [5.74, 6) is -0.919. The molecule has 0 aliphatic rings. The van der Waals surface area contributed by atoms with Gasteiger partial charge in [-0.05, 0) is 32.4 Å². The summed E-state index contributed by atoms with van der Waals surface area (Å²) in [7, 11) is 0. The summed E-state index contributed by atoms with van der Waals surface area (Å²) < 4.78 is 4.93. The topological polar surface area (TPSA) is 81.4 Å². The van der Waals surface area contributed by atoms with Crippen molar-refractivity contribution in [2.45, 2.75) is 32.7 Å². The lowest BCUT2D eigenvalue weighted by atomic mass is 10.0. The first-order chi connectivity index (χ1) is 8.85. The Morgan fingerprint density at radius 1 is 1.32 bits per heavy atom. The average molecular weight is 264 g/mol. The Morgan fingerprint density at radius 3 is 2.53 bits per heavy atom. The number of esters is 1. The molecule has 1 amide bonds. The predicted molar refractivity (Wildman–Crippen MR) is 73.6 cm³/mol. The van der Waals surface area contributed by atoms with Crippen molar-refractivity contribution in [1.29, 1.82) is 0 Å². The Morgan fingerprint density at radius 2 is 1.95 bits per heavy atom. The van der Waals surface area contributed by atoms with Crippen LogP contribution in [0.5, 0.6) is 0 Å². The number of nitrogen functional groups attached to an aromatic ring is 1. The zero-order valence-electron chi connectivity index (χ0n) is 11.5. The summed E-state index contributed by atoms with van der Waals surface area (Å²) in [6.07, 6.45) is 0.790. The maximum absolute atomic E-state index is 11.7. The molecule has 0 aromatic heterocycles. The molecule has 5 nitrogen and oxygen atoms in total. The van der Waals surface area contributed by atoms with Crippen LogP contribution in [0.15, 0.2) is 24.3 Å². The van der Waals surface area contributed by atoms with Crippen molar-refractivity contribution in [3.05, 3.63) is 29.8 Å². The molecule has 0 aliphatic heterocycles. The van der Waals surface area contributed by atoms with Crippen LogP contribution in [0.2, 0.25) is 0 Å². The van der Waals surface area contributed by atoms with Gasteiger partial charge in [-0.25, -0.2) is 4.79 Å². The number of benzene rings is 1. The van der Waals surface area contributed by atoms with E-state index >= 15 is 0 Å². The van der Waals surface area contributed by atoms with Crippen molar-refractivity contribution in [3.8, 4) is 0 Å². The van der Waals surface area contributed by atoms with Crippen LogP contribution in [-0.2, 0) is 9.53 Å². The lowest BCUT2D eigenvalue weighted by Crippen LogP contribution is -2.44. The number of nitrogens with one attached hydrogen (secondary N) is 1. The Balaban J connectivity index is 2.52. The quantitative estimate of drug-likeness (QED) is 0.627. The normalized spacial score (nSPS) is 10.9. The molecule has 19 heavy (non-hydrogen) atoms. The molecule has 0 spiro atoms. The monoisotopic (exact) mass is 264 g/mol. The summed E-state index contributed by atoms with van der Waals surface area (Å²) in [4.78, 5) is 23.3. The minimum atomic E-state index is -0.595. The standard InChI is InChI=1S/C14H20N2O3/c1-4-14(2,3)16-12(17)9-19-13(18)10-7-5-6-8-11(10)15/h5-8H,4,9,15H2,1-3H3,(H,16,17). The molecule has 0 saturated carbocycles. The molecule has 0 saturated heterocycles. The summed E-state index contributed by atoms with van der Waals surface area (Å²) in [6, 6.07) is 6.58. The van der Waals surface area contributed by atoms with Gasteiger partial charge >= 0.3 is 5.97 Å². The van der Waals surface area contributed by atoms with Gasteiger partial charge in [-0.3, -0.25) is 4.79 Å². The van der Waals surface area contributed by atoms with Crippen LogP contribution >= 0.6 is 0 Å². The van der Waals surface area contributed by atoms with Crippen LogP contribution in [0, 0.1) is 0 Å². The Bertz CT molecular complexity index is 470. The molecule has 0 atom stereocenters. The highest BCUT2D eigenvalue weighted by molar-refractivity contribution is 5.96. The smallest absolute Gasteiger partial charge is 0.340 e. The van der Waals surface area contributed by atoms with Crippen molar-refractivity contribution in [2.75, 3.05) is 12.3 Å². The van der Waals surface area contributed by atoms with E-state index in [9.17, 15) is 9.59 Å². The van der Waals surface area contributed by atoms with Gasteiger partial charge in [-0.1, -0.05) is 19.1 Å². The highest BCUT2D eigenvalue weighted by Crippen LogP contribution is 2.12. The molecule has 1 rings (SSSR count). The number of carbonyl (C=O) groups is 2. The van der Waals surface area contributed by atoms with E-state index in [1.54, 1.807) is 24.3 Å². The van der Waals surface area contributed by atoms with Crippen molar-refractivity contribution in [2.24, 2.45) is 0 Å². The lowest BCUT2D eigenvalue weighted by Gasteiger charge is -2.24. The Labute approximate surface area is 113 Å². The number of nitrogens with two attached hydrogens (primary N) is 1. The summed E-state index contributed by atoms with van der Waals surface area (Å²) >= 11 is 0. The third-order valence-corrected chi connectivity index (χ3v) is 2.88. The van der Waals surface area contributed by atoms with E-state index in [-0.39, 0.29) is 23.6 Å². The Kier molecular flexibility index (Phi) is 4.92. The van der Waals surface area contributed by atoms with Gasteiger partial charge in [0.25, 0.3) is 5.91 Å². The van der Waals surface area contributed by atoms with Gasteiger partial charge in [0.05, 0.1) is 5.56 Å². The molecular weight excluding hydrogens is 244 g/mol. The van der Waals surface area contributed by atoms with Gasteiger partial charge in [-0.15, -0.1) is 0 Å². The number of hydrogen-bond donors (Lipinski definition) is 2. The molecule has 1 aromatic rings. The molecular formula is C14H20N2O3. The van der Waals surface area contributed by atoms with Crippen LogP contribution in [0.3, 0.4) is 0 Å². The van der Waals surface area contributed by atoms with Crippen molar-refractivity contribution >= 4 is 17.6 Å². The number of para-hydroxylation sites is 1. The van der Waals surface area contributed by atoms with E-state index in [0.29, 0.717) is 5.69 Å². The van der Waals surface area contributed by atoms with Gasteiger partial charge in [0.15, 0.2) is 6.61 Å². The second kappa shape index (κ2) is 6.22. The van der Waals surface area contributed by atoms with Crippen molar-refractivity contribution < 1.29 is 14.3 Å². The van der Waals surface area contributed by atoms with E-state index in [1.807, 2.05) is 20.8 Å². The summed E-state index contributed by atoms with van der Waals surface area (Å²) in [5.41, 5.74) is 5.94. The summed E-state index contributed by atoms with van der Waals surface area (Å²) in [5, 5.41) is 2.78. The largest absolute Gasteiger partial charge is 0.452 e. The van der Waals surface area contributed by atoms with Crippen LogP contribution in [-0.4, -0.2) is 24.0 Å². The third-order valence-electron chi connectivity index (χ3n) is 2.88.